The van der Waals surface area contributed by atoms with E-state index in [1.165, 1.54) is 16.9 Å². The van der Waals surface area contributed by atoms with E-state index < -0.39 is 5.91 Å². The van der Waals surface area contributed by atoms with Gasteiger partial charge in [-0.2, -0.15) is 5.10 Å². The highest BCUT2D eigenvalue weighted by Gasteiger charge is 2.16. The van der Waals surface area contributed by atoms with E-state index in [1.54, 1.807) is 27.4 Å². The smallest absolute Gasteiger partial charge is 0.266 e. The van der Waals surface area contributed by atoms with Crippen molar-refractivity contribution >= 4 is 16.9 Å². The lowest BCUT2D eigenvalue weighted by Crippen LogP contribution is -2.35. The quantitative estimate of drug-likeness (QED) is 0.479. The lowest BCUT2D eigenvalue weighted by Gasteiger charge is -2.12. The minimum Gasteiger partial charge on any atom is -0.350 e. The van der Waals surface area contributed by atoms with Gasteiger partial charge in [-0.25, -0.2) is 14.3 Å². The van der Waals surface area contributed by atoms with Gasteiger partial charge in [0.15, 0.2) is 5.82 Å². The molecule has 0 spiro atoms. The molecule has 1 N–H and O–H groups in total. The van der Waals surface area contributed by atoms with Crippen LogP contribution in [0.2, 0.25) is 0 Å². The van der Waals surface area contributed by atoms with Crippen LogP contribution in [0.5, 0.6) is 0 Å². The first-order valence-corrected chi connectivity index (χ1v) is 10.7. The Labute approximate surface area is 189 Å². The molecule has 4 aromatic rings. The average Bonchev–Trinajstić information content (AvgIpc) is 3.13. The van der Waals surface area contributed by atoms with Crippen LogP contribution in [0.4, 0.5) is 0 Å². The van der Waals surface area contributed by atoms with Gasteiger partial charge in [-0.1, -0.05) is 0 Å². The third kappa shape index (κ3) is 4.32. The third-order valence-corrected chi connectivity index (χ3v) is 5.33. The summed E-state index contributed by atoms with van der Waals surface area (Å²) >= 11 is 0. The van der Waals surface area contributed by atoms with Crippen LogP contribution >= 0.6 is 0 Å². The largest absolute Gasteiger partial charge is 0.350 e. The fraction of sp³-hybridized carbons (Fsp3) is 0.304. The molecule has 10 heteroatoms. The molecule has 0 aromatic carbocycles. The Kier molecular flexibility index (Phi) is 5.91. The van der Waals surface area contributed by atoms with E-state index in [-0.39, 0.29) is 29.6 Å². The first-order chi connectivity index (χ1) is 15.8. The molecule has 0 fully saturated rings. The van der Waals surface area contributed by atoms with Gasteiger partial charge in [-0.05, 0) is 52.0 Å². The molecular formula is C23H25N7O3. The number of hydrogen-bond acceptors (Lipinski definition) is 6. The zero-order valence-electron chi connectivity index (χ0n) is 19.0. The molecular weight excluding hydrogens is 422 g/mol. The average molecular weight is 447 g/mol. The summed E-state index contributed by atoms with van der Waals surface area (Å²) in [6.07, 6.45) is 1.53. The van der Waals surface area contributed by atoms with Crippen LogP contribution in [0.1, 0.15) is 34.4 Å². The van der Waals surface area contributed by atoms with Gasteiger partial charge in [-0.15, -0.1) is 5.10 Å². The number of pyridine rings is 2. The molecule has 33 heavy (non-hydrogen) atoms. The Hall–Kier alpha value is -4.08. The van der Waals surface area contributed by atoms with Crippen LogP contribution in [-0.4, -0.2) is 41.6 Å². The summed E-state index contributed by atoms with van der Waals surface area (Å²) in [5.41, 5.74) is 2.45. The van der Waals surface area contributed by atoms with Crippen molar-refractivity contribution in [1.82, 2.24) is 34.4 Å². The monoisotopic (exact) mass is 447 g/mol. The second-order valence-electron chi connectivity index (χ2n) is 7.83. The standard InChI is InChI=1S/C23H25N7O3/c1-5-28-13-18(21(32)17-7-6-14(2)25-22(17)28)23(33)24-10-11-29-20(31)9-8-19(27-29)30-16(4)12-15(3)26-30/h6-9,12-13H,5,10-11H2,1-4H3,(H,24,33). The molecule has 0 saturated heterocycles. The summed E-state index contributed by atoms with van der Waals surface area (Å²) in [6, 6.07) is 8.38. The minimum absolute atomic E-state index is 0.0340. The molecule has 0 atom stereocenters. The predicted octanol–water partition coefficient (Wildman–Crippen LogP) is 1.51. The van der Waals surface area contributed by atoms with E-state index in [1.807, 2.05) is 33.8 Å². The summed E-state index contributed by atoms with van der Waals surface area (Å²) in [6.45, 7) is 8.39. The topological polar surface area (TPSA) is 117 Å². The van der Waals surface area contributed by atoms with E-state index in [0.717, 1.165) is 17.1 Å². The maximum absolute atomic E-state index is 12.9. The molecule has 1 amide bonds. The van der Waals surface area contributed by atoms with E-state index in [9.17, 15) is 14.4 Å². The molecule has 170 valence electrons. The van der Waals surface area contributed by atoms with Gasteiger partial charge < -0.3 is 9.88 Å². The third-order valence-electron chi connectivity index (χ3n) is 5.33. The molecule has 0 bridgehead atoms. The molecule has 10 nitrogen and oxygen atoms in total. The van der Waals surface area contributed by atoms with Gasteiger partial charge in [-0.3, -0.25) is 14.4 Å². The molecule has 0 aliphatic heterocycles. The number of nitrogens with one attached hydrogen (secondary N) is 1. The Balaban J connectivity index is 1.54. The number of nitrogens with zero attached hydrogens (tertiary/aromatic N) is 6. The number of amides is 1. The van der Waals surface area contributed by atoms with Crippen molar-refractivity contribution in [1.29, 1.82) is 0 Å². The van der Waals surface area contributed by atoms with Gasteiger partial charge in [0.25, 0.3) is 11.5 Å². The SMILES string of the molecule is CCn1cc(C(=O)NCCn2nc(-n3nc(C)cc3C)ccc2=O)c(=O)c2ccc(C)nc21. The second-order valence-corrected chi connectivity index (χ2v) is 7.83. The van der Waals surface area contributed by atoms with Crippen molar-refractivity contribution in [2.24, 2.45) is 0 Å². The Morgan fingerprint density at radius 3 is 2.52 bits per heavy atom. The summed E-state index contributed by atoms with van der Waals surface area (Å²) in [5, 5.41) is 11.9. The van der Waals surface area contributed by atoms with Gasteiger partial charge >= 0.3 is 0 Å². The molecule has 0 aliphatic carbocycles. The summed E-state index contributed by atoms with van der Waals surface area (Å²) in [7, 11) is 0. The predicted molar refractivity (Wildman–Crippen MR) is 124 cm³/mol. The molecule has 0 aliphatic rings. The number of aryl methyl sites for hydroxylation is 4. The molecule has 0 saturated carbocycles. The maximum atomic E-state index is 12.9. The van der Waals surface area contributed by atoms with Crippen molar-refractivity contribution in [3.05, 3.63) is 79.8 Å². The number of rotatable bonds is 6. The molecule has 4 heterocycles. The van der Waals surface area contributed by atoms with Crippen LogP contribution in [0.25, 0.3) is 16.9 Å². The highest BCUT2D eigenvalue weighted by Crippen LogP contribution is 2.11. The molecule has 0 radical (unpaired) electrons. The van der Waals surface area contributed by atoms with Crippen LogP contribution in [-0.2, 0) is 13.1 Å². The van der Waals surface area contributed by atoms with Crippen molar-refractivity contribution in [3.8, 4) is 5.82 Å². The Morgan fingerprint density at radius 2 is 1.82 bits per heavy atom. The van der Waals surface area contributed by atoms with Crippen molar-refractivity contribution in [2.75, 3.05) is 6.54 Å². The van der Waals surface area contributed by atoms with E-state index in [2.05, 4.69) is 20.5 Å². The Bertz CT molecular complexity index is 1480. The van der Waals surface area contributed by atoms with Crippen LogP contribution in [0, 0.1) is 20.8 Å². The first kappa shape index (κ1) is 22.1. The van der Waals surface area contributed by atoms with Crippen molar-refractivity contribution < 1.29 is 4.79 Å². The number of carbonyl (C=O) groups excluding carboxylic acids is 1. The highest BCUT2D eigenvalue weighted by atomic mass is 16.2. The molecule has 4 aromatic heterocycles. The van der Waals surface area contributed by atoms with E-state index in [4.69, 9.17) is 0 Å². The van der Waals surface area contributed by atoms with Crippen molar-refractivity contribution in [3.63, 3.8) is 0 Å². The van der Waals surface area contributed by atoms with E-state index in [0.29, 0.717) is 23.4 Å². The normalized spacial score (nSPS) is 11.2. The van der Waals surface area contributed by atoms with Crippen LogP contribution < -0.4 is 16.3 Å². The van der Waals surface area contributed by atoms with Crippen molar-refractivity contribution in [2.45, 2.75) is 40.8 Å². The lowest BCUT2D eigenvalue weighted by molar-refractivity contribution is 0.0950. The minimum atomic E-state index is -0.507. The zero-order valence-corrected chi connectivity index (χ0v) is 19.0. The number of aromatic nitrogens is 6. The fourth-order valence-corrected chi connectivity index (χ4v) is 3.71. The number of carbonyl (C=O) groups is 1. The van der Waals surface area contributed by atoms with E-state index >= 15 is 0 Å². The van der Waals surface area contributed by atoms with Gasteiger partial charge in [0, 0.05) is 36.7 Å². The maximum Gasteiger partial charge on any atom is 0.266 e. The molecule has 0 unspecified atom stereocenters. The van der Waals surface area contributed by atoms with Crippen LogP contribution in [0.15, 0.2) is 46.1 Å². The fourth-order valence-electron chi connectivity index (χ4n) is 3.71. The summed E-state index contributed by atoms with van der Waals surface area (Å²) < 4.78 is 4.70. The number of hydrogen-bond donors (Lipinski definition) is 1. The number of fused-ring (bicyclic) bond motifs is 1. The van der Waals surface area contributed by atoms with Gasteiger partial charge in [0.1, 0.15) is 11.2 Å². The van der Waals surface area contributed by atoms with Gasteiger partial charge in [0.05, 0.1) is 17.6 Å². The summed E-state index contributed by atoms with van der Waals surface area (Å²) in [5.74, 6) is 0.00195. The molecule has 4 rings (SSSR count). The van der Waals surface area contributed by atoms with Crippen LogP contribution in [0.3, 0.4) is 0 Å². The second kappa shape index (κ2) is 8.81. The Morgan fingerprint density at radius 1 is 1.03 bits per heavy atom. The first-order valence-electron chi connectivity index (χ1n) is 10.7. The lowest BCUT2D eigenvalue weighted by atomic mass is 10.1. The summed E-state index contributed by atoms with van der Waals surface area (Å²) in [4.78, 5) is 42.4. The zero-order chi connectivity index (χ0) is 23.7. The van der Waals surface area contributed by atoms with Gasteiger partial charge in [0.2, 0.25) is 5.43 Å². The highest BCUT2D eigenvalue weighted by molar-refractivity contribution is 5.96.